The molecule has 0 heterocycles. The Bertz CT molecular complexity index is 1270. The van der Waals surface area contributed by atoms with Gasteiger partial charge >= 0.3 is 7.82 Å². The van der Waals surface area contributed by atoms with Crippen LogP contribution in [0.4, 0.5) is 0 Å². The Kier molecular flexibility index (Phi) is 53.5. The average Bonchev–Trinajstić information content (AvgIpc) is 3.34. The molecule has 3 N–H and O–H groups in total. The minimum atomic E-state index is -4.35. The summed E-state index contributed by atoms with van der Waals surface area (Å²) in [5.74, 6) is -0.183. The number of phosphoric acid groups is 1. The quantitative estimate of drug-likeness (QED) is 0.0243. The topological polar surface area (TPSA) is 105 Å². The average molecular weight is 1040 g/mol. The summed E-state index contributed by atoms with van der Waals surface area (Å²) in [6.45, 7) is 4.79. The normalized spacial score (nSPS) is 14.0. The first-order valence-electron chi connectivity index (χ1n) is 31.4. The number of nitrogens with one attached hydrogen (secondary N) is 1. The van der Waals surface area contributed by atoms with Gasteiger partial charge in [0, 0.05) is 6.42 Å². The molecule has 0 aliphatic heterocycles. The second kappa shape index (κ2) is 54.5. The number of likely N-dealkylation sites (N-methyl/N-ethyl adjacent to an activating group) is 1. The number of aliphatic hydroxyl groups excluding tert-OH is 1. The van der Waals surface area contributed by atoms with E-state index in [-0.39, 0.29) is 19.1 Å². The lowest BCUT2D eigenvalue weighted by Crippen LogP contribution is -2.45. The third-order valence-corrected chi connectivity index (χ3v) is 15.3. The third kappa shape index (κ3) is 56.4. The fraction of sp³-hybridized carbons (Fsp3) is 0.889. The maximum atomic E-state index is 12.9. The van der Waals surface area contributed by atoms with Gasteiger partial charge in [-0.25, -0.2) is 4.57 Å². The molecule has 0 radical (unpaired) electrons. The first kappa shape index (κ1) is 70.7. The maximum absolute atomic E-state index is 12.9. The molecule has 8 nitrogen and oxygen atoms in total. The number of unbranched alkanes of at least 4 members (excludes halogenated alkanes) is 41. The van der Waals surface area contributed by atoms with Gasteiger partial charge in [-0.15, -0.1) is 0 Å². The predicted octanol–water partition coefficient (Wildman–Crippen LogP) is 19.3. The van der Waals surface area contributed by atoms with Crippen LogP contribution in [0.15, 0.2) is 36.5 Å². The molecule has 0 aromatic carbocycles. The van der Waals surface area contributed by atoms with E-state index in [0.717, 1.165) is 38.5 Å². The number of hydrogen-bond acceptors (Lipinski definition) is 5. The summed E-state index contributed by atoms with van der Waals surface area (Å²) in [6, 6.07) is -0.860. The van der Waals surface area contributed by atoms with E-state index in [9.17, 15) is 19.4 Å². The maximum Gasteiger partial charge on any atom is 0.472 e. The number of carbonyl (C=O) groups is 1. The SMILES string of the molecule is CCCCCCC/C=C/CC/C=C/C(O)C(COP(=O)(O)OCC[N+](C)(C)C)NC(=O)CCCCCCCCCCCCCCCCCCCCCCCCCCCCC/C=C\CCCCCCCCCC. The molecule has 1 amide bonds. The summed E-state index contributed by atoms with van der Waals surface area (Å²) >= 11 is 0. The van der Waals surface area contributed by atoms with Crippen LogP contribution in [0.3, 0.4) is 0 Å². The van der Waals surface area contributed by atoms with E-state index < -0.39 is 20.0 Å². The fourth-order valence-electron chi connectivity index (χ4n) is 9.41. The highest BCUT2D eigenvalue weighted by Crippen LogP contribution is 2.43. The Morgan fingerprint density at radius 3 is 1.11 bits per heavy atom. The molecule has 0 aliphatic carbocycles. The zero-order valence-electron chi connectivity index (χ0n) is 48.7. The number of allylic oxidation sites excluding steroid dienone is 5. The minimum Gasteiger partial charge on any atom is -0.387 e. The molecule has 0 rings (SSSR count). The van der Waals surface area contributed by atoms with Gasteiger partial charge in [0.15, 0.2) is 0 Å². The van der Waals surface area contributed by atoms with Crippen molar-refractivity contribution in [2.75, 3.05) is 40.9 Å². The summed E-state index contributed by atoms with van der Waals surface area (Å²) in [4.78, 5) is 23.2. The summed E-state index contributed by atoms with van der Waals surface area (Å²) in [6.07, 6.45) is 71.7. The Morgan fingerprint density at radius 2 is 0.764 bits per heavy atom. The molecule has 426 valence electrons. The molecule has 0 aromatic heterocycles. The summed E-state index contributed by atoms with van der Waals surface area (Å²) in [5.41, 5.74) is 0. The number of nitrogens with zero attached hydrogens (tertiary/aromatic N) is 1. The van der Waals surface area contributed by atoms with Crippen LogP contribution in [0.2, 0.25) is 0 Å². The van der Waals surface area contributed by atoms with Gasteiger partial charge in [0.2, 0.25) is 5.91 Å². The van der Waals surface area contributed by atoms with E-state index in [2.05, 4.69) is 43.5 Å². The molecular weight excluding hydrogens is 912 g/mol. The van der Waals surface area contributed by atoms with Gasteiger partial charge in [-0.05, 0) is 57.8 Å². The standard InChI is InChI=1S/C63H123N2O6P/c1-6-8-10-12-14-16-18-19-20-21-22-23-24-25-26-27-28-29-30-31-32-33-34-35-36-37-38-39-40-41-42-43-44-45-47-49-51-53-55-57-63(67)64-61(60-71-72(68,69)70-59-58-65(3,4)5)62(66)56-54-52-50-48-46-17-15-13-11-9-7-2/h21-22,46,48,54,56,61-62,66H,6-20,23-45,47,49-53,55,57-60H2,1-5H3,(H-,64,67,68,69)/p+1/b22-21-,48-46+,56-54+. The van der Waals surface area contributed by atoms with Crippen LogP contribution in [0.1, 0.15) is 309 Å². The van der Waals surface area contributed by atoms with Crippen LogP contribution < -0.4 is 5.32 Å². The van der Waals surface area contributed by atoms with Crippen LogP contribution in [0.5, 0.6) is 0 Å². The van der Waals surface area contributed by atoms with Crippen molar-refractivity contribution in [2.24, 2.45) is 0 Å². The van der Waals surface area contributed by atoms with Crippen LogP contribution >= 0.6 is 7.82 Å². The van der Waals surface area contributed by atoms with E-state index in [1.807, 2.05) is 27.2 Å². The minimum absolute atomic E-state index is 0.0577. The van der Waals surface area contributed by atoms with Gasteiger partial charge in [-0.2, -0.15) is 0 Å². The molecule has 0 bridgehead atoms. The van der Waals surface area contributed by atoms with Crippen molar-refractivity contribution in [3.63, 3.8) is 0 Å². The van der Waals surface area contributed by atoms with Crippen molar-refractivity contribution in [1.82, 2.24) is 5.32 Å². The number of rotatable bonds is 58. The van der Waals surface area contributed by atoms with Crippen LogP contribution in [-0.2, 0) is 18.4 Å². The highest BCUT2D eigenvalue weighted by atomic mass is 31.2. The highest BCUT2D eigenvalue weighted by molar-refractivity contribution is 7.47. The van der Waals surface area contributed by atoms with Crippen LogP contribution in [0, 0.1) is 0 Å². The summed E-state index contributed by atoms with van der Waals surface area (Å²) in [5, 5.41) is 13.8. The van der Waals surface area contributed by atoms with Gasteiger partial charge in [-0.3, -0.25) is 13.8 Å². The van der Waals surface area contributed by atoms with Crippen molar-refractivity contribution in [1.29, 1.82) is 0 Å². The largest absolute Gasteiger partial charge is 0.472 e. The number of quaternary nitrogens is 1. The molecule has 72 heavy (non-hydrogen) atoms. The van der Waals surface area contributed by atoms with E-state index in [4.69, 9.17) is 9.05 Å². The highest BCUT2D eigenvalue weighted by Gasteiger charge is 2.27. The second-order valence-electron chi connectivity index (χ2n) is 22.8. The lowest BCUT2D eigenvalue weighted by Gasteiger charge is -2.25. The molecule has 0 saturated heterocycles. The Morgan fingerprint density at radius 1 is 0.458 bits per heavy atom. The van der Waals surface area contributed by atoms with Gasteiger partial charge in [-0.1, -0.05) is 281 Å². The van der Waals surface area contributed by atoms with Crippen molar-refractivity contribution in [2.45, 2.75) is 321 Å². The fourth-order valence-corrected chi connectivity index (χ4v) is 10.1. The Labute approximate surface area is 448 Å². The van der Waals surface area contributed by atoms with Crippen LogP contribution in [0.25, 0.3) is 0 Å². The third-order valence-electron chi connectivity index (χ3n) is 14.3. The van der Waals surface area contributed by atoms with Crippen molar-refractivity contribution in [3.05, 3.63) is 36.5 Å². The lowest BCUT2D eigenvalue weighted by molar-refractivity contribution is -0.870. The molecule has 3 unspecified atom stereocenters. The van der Waals surface area contributed by atoms with Crippen molar-refractivity contribution < 1.29 is 32.9 Å². The number of amides is 1. The first-order valence-corrected chi connectivity index (χ1v) is 32.9. The van der Waals surface area contributed by atoms with E-state index >= 15 is 0 Å². The Balaban J connectivity index is 3.82. The smallest absolute Gasteiger partial charge is 0.387 e. The van der Waals surface area contributed by atoms with Crippen molar-refractivity contribution >= 4 is 13.7 Å². The van der Waals surface area contributed by atoms with Crippen LogP contribution in [-0.4, -0.2) is 73.4 Å². The zero-order valence-corrected chi connectivity index (χ0v) is 49.6. The van der Waals surface area contributed by atoms with Gasteiger partial charge in [0.05, 0.1) is 39.9 Å². The zero-order chi connectivity index (χ0) is 52.7. The summed E-state index contributed by atoms with van der Waals surface area (Å²) in [7, 11) is 1.56. The first-order chi connectivity index (χ1) is 35.0. The van der Waals surface area contributed by atoms with E-state index in [1.54, 1.807) is 6.08 Å². The van der Waals surface area contributed by atoms with Gasteiger partial charge in [0.1, 0.15) is 13.2 Å². The Hall–Kier alpha value is -1.28. The molecule has 0 spiro atoms. The molecule has 0 aromatic rings. The molecule has 0 fully saturated rings. The summed E-state index contributed by atoms with van der Waals surface area (Å²) < 4.78 is 23.6. The number of aliphatic hydroxyl groups is 1. The molecule has 0 saturated carbocycles. The molecular formula is C63H124N2O6P+. The monoisotopic (exact) mass is 1040 g/mol. The molecule has 0 aliphatic rings. The van der Waals surface area contributed by atoms with E-state index in [0.29, 0.717) is 17.4 Å². The van der Waals surface area contributed by atoms with E-state index in [1.165, 1.54) is 250 Å². The van der Waals surface area contributed by atoms with Crippen molar-refractivity contribution in [3.8, 4) is 0 Å². The molecule has 9 heteroatoms. The predicted molar refractivity (Wildman–Crippen MR) is 314 cm³/mol. The number of hydrogen-bond donors (Lipinski definition) is 3. The second-order valence-corrected chi connectivity index (χ2v) is 24.2. The number of carbonyl (C=O) groups excluding carboxylic acids is 1. The van der Waals surface area contributed by atoms with Gasteiger partial charge in [0.25, 0.3) is 0 Å². The van der Waals surface area contributed by atoms with Gasteiger partial charge < -0.3 is 19.8 Å². The lowest BCUT2D eigenvalue weighted by atomic mass is 10.0. The molecule has 3 atom stereocenters. The number of phosphoric ester groups is 1.